The summed E-state index contributed by atoms with van der Waals surface area (Å²) >= 11 is 0. The number of anilines is 2. The summed E-state index contributed by atoms with van der Waals surface area (Å²) in [5, 5.41) is 9.09. The molecular weight excluding hydrogens is 592 g/mol. The Hall–Kier alpha value is -4.57. The van der Waals surface area contributed by atoms with E-state index in [1.807, 2.05) is 81.2 Å². The number of likely N-dealkylation sites (tertiary alicyclic amines) is 1. The SMILES string of the molecule is CNCc1ccccc1CN(CC(=O)Nc1ccc2c(c1)C[C@H](C(=O)Nc1ccccn1)C2)C(=O)C1(C)CCN(C(=O)C(C)C)CC1. The number of rotatable bonds is 11. The minimum Gasteiger partial charge on any atom is -0.342 e. The van der Waals surface area contributed by atoms with Gasteiger partial charge >= 0.3 is 0 Å². The van der Waals surface area contributed by atoms with Crippen LogP contribution in [0.25, 0.3) is 0 Å². The van der Waals surface area contributed by atoms with Crippen LogP contribution in [-0.4, -0.2) is 65.1 Å². The highest BCUT2D eigenvalue weighted by Gasteiger charge is 2.41. The van der Waals surface area contributed by atoms with Crippen LogP contribution >= 0.6 is 0 Å². The van der Waals surface area contributed by atoms with Crippen molar-refractivity contribution in [3.8, 4) is 0 Å². The van der Waals surface area contributed by atoms with Gasteiger partial charge in [-0.2, -0.15) is 0 Å². The molecule has 0 saturated carbocycles. The Bertz CT molecular complexity index is 1600. The molecule has 248 valence electrons. The Morgan fingerprint density at radius 1 is 0.936 bits per heavy atom. The van der Waals surface area contributed by atoms with E-state index in [2.05, 4.69) is 20.9 Å². The van der Waals surface area contributed by atoms with Gasteiger partial charge in [0, 0.05) is 55.3 Å². The van der Waals surface area contributed by atoms with Crippen LogP contribution in [0.4, 0.5) is 11.5 Å². The van der Waals surface area contributed by atoms with E-state index in [0.29, 0.717) is 63.4 Å². The molecule has 0 bridgehead atoms. The number of pyridine rings is 1. The van der Waals surface area contributed by atoms with Crippen molar-refractivity contribution in [2.45, 2.75) is 59.5 Å². The summed E-state index contributed by atoms with van der Waals surface area (Å²) in [5.74, 6) is -0.128. The van der Waals surface area contributed by atoms with Crippen LogP contribution < -0.4 is 16.0 Å². The molecule has 10 nitrogen and oxygen atoms in total. The molecule has 10 heteroatoms. The monoisotopic (exact) mass is 638 g/mol. The fourth-order valence-corrected chi connectivity index (χ4v) is 6.58. The maximum absolute atomic E-state index is 14.3. The van der Waals surface area contributed by atoms with Crippen LogP contribution in [-0.2, 0) is 45.1 Å². The van der Waals surface area contributed by atoms with E-state index in [1.54, 1.807) is 23.2 Å². The summed E-state index contributed by atoms with van der Waals surface area (Å²) in [6, 6.07) is 19.1. The quantitative estimate of drug-likeness (QED) is 0.286. The minimum atomic E-state index is -0.690. The second-order valence-electron chi connectivity index (χ2n) is 13.3. The molecule has 3 aromatic rings. The van der Waals surface area contributed by atoms with Crippen molar-refractivity contribution in [3.05, 3.63) is 89.1 Å². The van der Waals surface area contributed by atoms with Crippen LogP contribution in [0, 0.1) is 17.3 Å². The molecule has 1 aliphatic carbocycles. The van der Waals surface area contributed by atoms with Crippen LogP contribution in [0.1, 0.15) is 55.9 Å². The van der Waals surface area contributed by atoms with E-state index in [4.69, 9.17) is 0 Å². The molecule has 1 aliphatic heterocycles. The van der Waals surface area contributed by atoms with Gasteiger partial charge in [-0.1, -0.05) is 57.2 Å². The van der Waals surface area contributed by atoms with E-state index < -0.39 is 5.41 Å². The van der Waals surface area contributed by atoms with E-state index >= 15 is 0 Å². The molecule has 0 spiro atoms. The molecule has 1 atom stereocenters. The molecule has 2 aromatic carbocycles. The van der Waals surface area contributed by atoms with E-state index in [1.165, 1.54) is 0 Å². The molecule has 3 N–H and O–H groups in total. The number of hydrogen-bond acceptors (Lipinski definition) is 6. The van der Waals surface area contributed by atoms with E-state index in [0.717, 1.165) is 22.3 Å². The lowest BCUT2D eigenvalue weighted by Crippen LogP contribution is -2.51. The van der Waals surface area contributed by atoms with Crippen molar-refractivity contribution in [3.63, 3.8) is 0 Å². The van der Waals surface area contributed by atoms with Gasteiger partial charge in [0.05, 0.1) is 0 Å². The Balaban J connectivity index is 1.28. The number of amides is 4. The number of hydrogen-bond donors (Lipinski definition) is 3. The largest absolute Gasteiger partial charge is 0.342 e. The van der Waals surface area contributed by atoms with Crippen molar-refractivity contribution in [1.29, 1.82) is 0 Å². The van der Waals surface area contributed by atoms with Crippen molar-refractivity contribution in [2.24, 2.45) is 17.3 Å². The van der Waals surface area contributed by atoms with Gasteiger partial charge in [-0.05, 0) is 79.3 Å². The molecule has 1 aromatic heterocycles. The number of nitrogens with one attached hydrogen (secondary N) is 3. The molecule has 0 unspecified atom stereocenters. The number of nitrogens with zero attached hydrogens (tertiary/aromatic N) is 3. The van der Waals surface area contributed by atoms with Crippen LogP contribution in [0.3, 0.4) is 0 Å². The fourth-order valence-electron chi connectivity index (χ4n) is 6.58. The van der Waals surface area contributed by atoms with Crippen LogP contribution in [0.5, 0.6) is 0 Å². The predicted octanol–water partition coefficient (Wildman–Crippen LogP) is 4.41. The summed E-state index contributed by atoms with van der Waals surface area (Å²) in [5.41, 5.74) is 4.09. The number of carbonyl (C=O) groups excluding carboxylic acids is 4. The number of aromatic nitrogens is 1. The number of fused-ring (bicyclic) bond motifs is 1. The van der Waals surface area contributed by atoms with Crippen molar-refractivity contribution in [1.82, 2.24) is 20.1 Å². The second kappa shape index (κ2) is 14.9. The summed E-state index contributed by atoms with van der Waals surface area (Å²) < 4.78 is 0. The van der Waals surface area contributed by atoms with E-state index in [9.17, 15) is 19.2 Å². The van der Waals surface area contributed by atoms with Crippen LogP contribution in [0.15, 0.2) is 66.9 Å². The maximum Gasteiger partial charge on any atom is 0.244 e. The topological polar surface area (TPSA) is 124 Å². The zero-order valence-corrected chi connectivity index (χ0v) is 27.8. The third-order valence-electron chi connectivity index (χ3n) is 9.37. The van der Waals surface area contributed by atoms with Crippen molar-refractivity contribution >= 4 is 35.1 Å². The van der Waals surface area contributed by atoms with Gasteiger partial charge in [-0.15, -0.1) is 0 Å². The lowest BCUT2D eigenvalue weighted by atomic mass is 9.78. The van der Waals surface area contributed by atoms with Gasteiger partial charge in [-0.25, -0.2) is 4.98 Å². The van der Waals surface area contributed by atoms with Crippen LogP contribution in [0.2, 0.25) is 0 Å². The zero-order valence-electron chi connectivity index (χ0n) is 27.8. The highest BCUT2D eigenvalue weighted by molar-refractivity contribution is 5.96. The predicted molar refractivity (Wildman–Crippen MR) is 182 cm³/mol. The van der Waals surface area contributed by atoms with Crippen molar-refractivity contribution < 1.29 is 19.2 Å². The zero-order chi connectivity index (χ0) is 33.6. The third-order valence-corrected chi connectivity index (χ3v) is 9.37. The summed E-state index contributed by atoms with van der Waals surface area (Å²) in [7, 11) is 1.88. The molecule has 0 radical (unpaired) electrons. The lowest BCUT2D eigenvalue weighted by Gasteiger charge is -2.41. The lowest BCUT2D eigenvalue weighted by molar-refractivity contribution is -0.149. The molecule has 2 aliphatic rings. The van der Waals surface area contributed by atoms with Gasteiger partial charge in [0.25, 0.3) is 0 Å². The molecule has 5 rings (SSSR count). The van der Waals surface area contributed by atoms with Gasteiger partial charge in [0.15, 0.2) is 0 Å². The second-order valence-corrected chi connectivity index (χ2v) is 13.3. The summed E-state index contributed by atoms with van der Waals surface area (Å²) in [6.45, 7) is 7.61. The first-order chi connectivity index (χ1) is 22.6. The molecule has 1 saturated heterocycles. The minimum absolute atomic E-state index is 0.0777. The first-order valence-corrected chi connectivity index (χ1v) is 16.5. The Morgan fingerprint density at radius 3 is 2.32 bits per heavy atom. The average Bonchev–Trinajstić information content (AvgIpc) is 3.49. The van der Waals surface area contributed by atoms with Crippen molar-refractivity contribution in [2.75, 3.05) is 37.3 Å². The average molecular weight is 639 g/mol. The smallest absolute Gasteiger partial charge is 0.244 e. The van der Waals surface area contributed by atoms with Gasteiger partial charge < -0.3 is 25.8 Å². The first kappa shape index (κ1) is 33.8. The molecule has 47 heavy (non-hydrogen) atoms. The summed E-state index contributed by atoms with van der Waals surface area (Å²) in [4.78, 5) is 61.0. The normalized spacial score (nSPS) is 16.8. The van der Waals surface area contributed by atoms with E-state index in [-0.39, 0.29) is 42.0 Å². The molecule has 2 heterocycles. The number of carbonyl (C=O) groups is 4. The number of benzene rings is 2. The molecular formula is C37H46N6O4. The van der Waals surface area contributed by atoms with Gasteiger partial charge in [0.2, 0.25) is 23.6 Å². The Morgan fingerprint density at radius 2 is 1.64 bits per heavy atom. The number of piperidine rings is 1. The van der Waals surface area contributed by atoms with Gasteiger partial charge in [-0.3, -0.25) is 19.2 Å². The van der Waals surface area contributed by atoms with Gasteiger partial charge in [0.1, 0.15) is 12.4 Å². The maximum atomic E-state index is 14.3. The fraction of sp³-hybridized carbons (Fsp3) is 0.432. The Labute approximate surface area is 277 Å². The Kier molecular flexibility index (Phi) is 10.7. The summed E-state index contributed by atoms with van der Waals surface area (Å²) in [6.07, 6.45) is 3.92. The third kappa shape index (κ3) is 8.24. The first-order valence-electron chi connectivity index (χ1n) is 16.5. The molecule has 1 fully saturated rings. The molecule has 4 amide bonds. The highest BCUT2D eigenvalue weighted by atomic mass is 16.2. The highest BCUT2D eigenvalue weighted by Crippen LogP contribution is 2.35. The standard InChI is InChI=1S/C37H46N6O4/c1-25(2)35(46)42-17-14-37(3,15-18-42)36(47)43(23-28-10-6-5-9-27(28)22-38-4)24-33(44)40-31-13-12-26-19-30(20-29(26)21-31)34(45)41-32-11-7-8-16-39-32/h5-13,16,21,25,30,38H,14-15,17-20,22-24H2,1-4H3,(H,40,44)(H,39,41,45)/t30-/m1/s1.